The molecular formula is C18H16ClN3O2. The van der Waals surface area contributed by atoms with Gasteiger partial charge in [-0.25, -0.2) is 4.98 Å². The molecule has 0 saturated carbocycles. The van der Waals surface area contributed by atoms with Crippen LogP contribution in [0.15, 0.2) is 59.5 Å². The molecule has 1 atom stereocenters. The summed E-state index contributed by atoms with van der Waals surface area (Å²) in [6.07, 6.45) is 6.40. The summed E-state index contributed by atoms with van der Waals surface area (Å²) in [5.74, 6) is 0.862. The molecule has 0 radical (unpaired) electrons. The summed E-state index contributed by atoms with van der Waals surface area (Å²) in [5.41, 5.74) is 0.788. The second kappa shape index (κ2) is 6.17. The second-order valence-electron chi connectivity index (χ2n) is 5.85. The normalized spacial score (nSPS) is 17.4. The Morgan fingerprint density at radius 3 is 2.92 bits per heavy atom. The fourth-order valence-electron chi connectivity index (χ4n) is 3.07. The highest BCUT2D eigenvalue weighted by Gasteiger charge is 2.29. The summed E-state index contributed by atoms with van der Waals surface area (Å²) >= 11 is 6.19. The predicted octanol–water partition coefficient (Wildman–Crippen LogP) is 3.88. The van der Waals surface area contributed by atoms with E-state index in [0.29, 0.717) is 29.6 Å². The van der Waals surface area contributed by atoms with Crippen LogP contribution in [0.5, 0.6) is 0 Å². The Bertz CT molecular complexity index is 857. The van der Waals surface area contributed by atoms with E-state index in [1.807, 2.05) is 33.9 Å². The Morgan fingerprint density at radius 1 is 1.25 bits per heavy atom. The molecule has 1 fully saturated rings. The highest BCUT2D eigenvalue weighted by Crippen LogP contribution is 2.30. The summed E-state index contributed by atoms with van der Waals surface area (Å²) in [6.45, 7) is 1.38. The molecule has 3 aromatic rings. The van der Waals surface area contributed by atoms with Crippen LogP contribution in [-0.4, -0.2) is 33.4 Å². The van der Waals surface area contributed by atoms with Crippen molar-refractivity contribution in [2.24, 2.45) is 0 Å². The van der Waals surface area contributed by atoms with Crippen molar-refractivity contribution in [2.75, 3.05) is 13.1 Å². The molecule has 0 N–H and O–H groups in total. The van der Waals surface area contributed by atoms with E-state index in [9.17, 15) is 4.79 Å². The molecule has 0 unspecified atom stereocenters. The van der Waals surface area contributed by atoms with Gasteiger partial charge in [0.15, 0.2) is 5.76 Å². The van der Waals surface area contributed by atoms with Crippen LogP contribution < -0.4 is 0 Å². The second-order valence-corrected chi connectivity index (χ2v) is 6.25. The number of imidazole rings is 1. The number of carbonyl (C=O) groups is 1. The summed E-state index contributed by atoms with van der Waals surface area (Å²) in [6, 6.07) is 11.2. The molecule has 1 saturated heterocycles. The third-order valence-corrected chi connectivity index (χ3v) is 4.68. The van der Waals surface area contributed by atoms with Crippen molar-refractivity contribution in [1.29, 1.82) is 0 Å². The molecule has 1 amide bonds. The lowest BCUT2D eigenvalue weighted by Crippen LogP contribution is -2.28. The van der Waals surface area contributed by atoms with Crippen LogP contribution in [0.25, 0.3) is 11.3 Å². The molecule has 0 bridgehead atoms. The highest BCUT2D eigenvalue weighted by atomic mass is 35.5. The fourth-order valence-corrected chi connectivity index (χ4v) is 3.30. The summed E-state index contributed by atoms with van der Waals surface area (Å²) in [5, 5.41) is 0.604. The first-order chi connectivity index (χ1) is 11.7. The Morgan fingerprint density at radius 2 is 2.12 bits per heavy atom. The van der Waals surface area contributed by atoms with E-state index in [0.717, 1.165) is 12.0 Å². The Balaban J connectivity index is 1.51. The van der Waals surface area contributed by atoms with Crippen molar-refractivity contribution in [2.45, 2.75) is 12.5 Å². The van der Waals surface area contributed by atoms with Crippen molar-refractivity contribution in [3.63, 3.8) is 0 Å². The maximum Gasteiger partial charge on any atom is 0.289 e. The maximum absolute atomic E-state index is 12.7. The van der Waals surface area contributed by atoms with Crippen LogP contribution >= 0.6 is 11.6 Å². The molecule has 122 valence electrons. The average molecular weight is 342 g/mol. The Hall–Kier alpha value is -2.53. The minimum absolute atomic E-state index is 0.0871. The minimum atomic E-state index is -0.0871. The molecule has 2 aromatic heterocycles. The van der Waals surface area contributed by atoms with Gasteiger partial charge >= 0.3 is 0 Å². The van der Waals surface area contributed by atoms with Crippen molar-refractivity contribution >= 4 is 17.5 Å². The number of carbonyl (C=O) groups excluding carboxylic acids is 1. The van der Waals surface area contributed by atoms with Gasteiger partial charge in [0.1, 0.15) is 5.76 Å². The average Bonchev–Trinajstić information content (AvgIpc) is 3.34. The molecule has 0 spiro atoms. The number of amides is 1. The van der Waals surface area contributed by atoms with Crippen LogP contribution in [0.4, 0.5) is 0 Å². The van der Waals surface area contributed by atoms with Gasteiger partial charge in [0.2, 0.25) is 0 Å². The minimum Gasteiger partial charge on any atom is -0.451 e. The number of nitrogens with zero attached hydrogens (tertiary/aromatic N) is 3. The topological polar surface area (TPSA) is 51.3 Å². The molecule has 5 nitrogen and oxygen atoms in total. The van der Waals surface area contributed by atoms with Crippen LogP contribution in [0.2, 0.25) is 5.02 Å². The molecule has 24 heavy (non-hydrogen) atoms. The zero-order chi connectivity index (χ0) is 16.5. The third-order valence-electron chi connectivity index (χ3n) is 4.35. The summed E-state index contributed by atoms with van der Waals surface area (Å²) < 4.78 is 7.80. The van der Waals surface area contributed by atoms with E-state index in [1.54, 1.807) is 30.7 Å². The largest absolute Gasteiger partial charge is 0.451 e. The molecule has 1 aliphatic rings. The zero-order valence-electron chi connectivity index (χ0n) is 12.9. The molecule has 6 heteroatoms. The lowest BCUT2D eigenvalue weighted by atomic mass is 10.2. The predicted molar refractivity (Wildman–Crippen MR) is 90.9 cm³/mol. The highest BCUT2D eigenvalue weighted by molar-refractivity contribution is 6.33. The number of likely N-dealkylation sites (tertiary alicyclic amines) is 1. The van der Waals surface area contributed by atoms with Gasteiger partial charge in [0.05, 0.1) is 17.4 Å². The monoisotopic (exact) mass is 341 g/mol. The van der Waals surface area contributed by atoms with Crippen LogP contribution in [0.3, 0.4) is 0 Å². The van der Waals surface area contributed by atoms with E-state index in [1.165, 1.54) is 0 Å². The molecule has 1 aliphatic heterocycles. The fraction of sp³-hybridized carbons (Fsp3) is 0.222. The number of halogens is 1. The lowest BCUT2D eigenvalue weighted by Gasteiger charge is -2.15. The standard InChI is InChI=1S/C18H16ClN3O2/c19-15-4-2-1-3-14(15)16-5-6-17(24-16)18(23)21-9-7-13(11-21)22-10-8-20-12-22/h1-6,8,10,12-13H,7,9,11H2/t13-/m1/s1. The maximum atomic E-state index is 12.7. The van der Waals surface area contributed by atoms with Crippen LogP contribution in [0.1, 0.15) is 23.0 Å². The van der Waals surface area contributed by atoms with Crippen molar-refractivity contribution < 1.29 is 9.21 Å². The SMILES string of the molecule is O=C(c1ccc(-c2ccccc2Cl)o1)N1CC[C@@H](n2ccnc2)C1. The van der Waals surface area contributed by atoms with Gasteiger partial charge in [0, 0.05) is 31.0 Å². The zero-order valence-corrected chi connectivity index (χ0v) is 13.7. The molecular weight excluding hydrogens is 326 g/mol. The molecule has 1 aromatic carbocycles. The van der Waals surface area contributed by atoms with Crippen LogP contribution in [-0.2, 0) is 0 Å². The van der Waals surface area contributed by atoms with Gasteiger partial charge in [-0.05, 0) is 30.7 Å². The van der Waals surface area contributed by atoms with Crippen molar-refractivity contribution in [3.8, 4) is 11.3 Å². The Kier molecular flexibility index (Phi) is 3.86. The molecule has 0 aliphatic carbocycles. The first kappa shape index (κ1) is 15.0. The van der Waals surface area contributed by atoms with E-state index < -0.39 is 0 Å². The number of furan rings is 1. The van der Waals surface area contributed by atoms with Gasteiger partial charge in [-0.2, -0.15) is 0 Å². The van der Waals surface area contributed by atoms with Crippen LogP contribution in [0, 0.1) is 0 Å². The van der Waals surface area contributed by atoms with Gasteiger partial charge < -0.3 is 13.9 Å². The number of aromatic nitrogens is 2. The van der Waals surface area contributed by atoms with E-state index in [-0.39, 0.29) is 11.9 Å². The molecule has 3 heterocycles. The number of rotatable bonds is 3. The molecule has 4 rings (SSSR count). The van der Waals surface area contributed by atoms with E-state index >= 15 is 0 Å². The van der Waals surface area contributed by atoms with Crippen molar-refractivity contribution in [1.82, 2.24) is 14.5 Å². The first-order valence-corrected chi connectivity index (χ1v) is 8.21. The van der Waals surface area contributed by atoms with Gasteiger partial charge in [-0.15, -0.1) is 0 Å². The van der Waals surface area contributed by atoms with E-state index in [2.05, 4.69) is 4.98 Å². The number of benzene rings is 1. The Labute approximate surface area is 144 Å². The third kappa shape index (κ3) is 2.71. The van der Waals surface area contributed by atoms with Gasteiger partial charge in [0.25, 0.3) is 5.91 Å². The van der Waals surface area contributed by atoms with Crippen molar-refractivity contribution in [3.05, 3.63) is 65.9 Å². The number of hydrogen-bond donors (Lipinski definition) is 0. The van der Waals surface area contributed by atoms with Gasteiger partial charge in [-0.1, -0.05) is 23.7 Å². The first-order valence-electron chi connectivity index (χ1n) is 7.84. The lowest BCUT2D eigenvalue weighted by molar-refractivity contribution is 0.0757. The summed E-state index contributed by atoms with van der Waals surface area (Å²) in [4.78, 5) is 18.6. The quantitative estimate of drug-likeness (QED) is 0.726. The van der Waals surface area contributed by atoms with Gasteiger partial charge in [-0.3, -0.25) is 4.79 Å². The summed E-state index contributed by atoms with van der Waals surface area (Å²) in [7, 11) is 0. The van der Waals surface area contributed by atoms with E-state index in [4.69, 9.17) is 16.0 Å². The smallest absolute Gasteiger partial charge is 0.289 e. The number of hydrogen-bond acceptors (Lipinski definition) is 3.